The third-order valence-electron chi connectivity index (χ3n) is 5.26. The summed E-state index contributed by atoms with van der Waals surface area (Å²) in [7, 11) is 0. The lowest BCUT2D eigenvalue weighted by Gasteiger charge is -2.20. The lowest BCUT2D eigenvalue weighted by molar-refractivity contribution is -0.130. The van der Waals surface area contributed by atoms with Crippen molar-refractivity contribution in [1.29, 1.82) is 0 Å². The molecule has 2 aromatic heterocycles. The van der Waals surface area contributed by atoms with Crippen LogP contribution in [0.1, 0.15) is 41.7 Å². The van der Waals surface area contributed by atoms with E-state index in [0.29, 0.717) is 25.1 Å². The summed E-state index contributed by atoms with van der Waals surface area (Å²) in [4.78, 5) is 32.0. The van der Waals surface area contributed by atoms with E-state index in [2.05, 4.69) is 10.3 Å². The Kier molecular flexibility index (Phi) is 6.69. The second kappa shape index (κ2) is 9.80. The molecule has 0 spiro atoms. The zero-order valence-corrected chi connectivity index (χ0v) is 17.7. The predicted octanol–water partition coefficient (Wildman–Crippen LogP) is 3.76. The van der Waals surface area contributed by atoms with Gasteiger partial charge in [0.25, 0.3) is 5.91 Å². The number of benzene rings is 1. The normalized spacial score (nSPS) is 14.7. The molecule has 2 amide bonds. The van der Waals surface area contributed by atoms with Gasteiger partial charge in [0.2, 0.25) is 5.91 Å². The third-order valence-corrected chi connectivity index (χ3v) is 6.30. The fourth-order valence-corrected chi connectivity index (χ4v) is 4.38. The van der Waals surface area contributed by atoms with Gasteiger partial charge in [-0.2, -0.15) is 0 Å². The van der Waals surface area contributed by atoms with Crippen LogP contribution < -0.4 is 5.32 Å². The zero-order chi connectivity index (χ0) is 20.8. The molecule has 0 unspecified atom stereocenters. The first kappa shape index (κ1) is 20.5. The number of carbonyl (C=O) groups is 2. The van der Waals surface area contributed by atoms with Gasteiger partial charge in [0.1, 0.15) is 5.65 Å². The van der Waals surface area contributed by atoms with E-state index in [9.17, 15) is 9.59 Å². The number of rotatable bonds is 7. The minimum Gasteiger partial charge on any atom is -0.350 e. The minimum atomic E-state index is -0.103. The van der Waals surface area contributed by atoms with Gasteiger partial charge in [-0.05, 0) is 49.2 Å². The lowest BCUT2D eigenvalue weighted by Crippen LogP contribution is -2.38. The molecule has 30 heavy (non-hydrogen) atoms. The van der Waals surface area contributed by atoms with Crippen LogP contribution in [-0.4, -0.2) is 45.7 Å². The Morgan fingerprint density at radius 3 is 2.80 bits per heavy atom. The Labute approximate surface area is 180 Å². The molecule has 3 aromatic rings. The molecule has 0 atom stereocenters. The van der Waals surface area contributed by atoms with Crippen LogP contribution >= 0.6 is 11.8 Å². The minimum absolute atomic E-state index is 0.103. The van der Waals surface area contributed by atoms with Crippen LogP contribution in [0.2, 0.25) is 0 Å². The van der Waals surface area contributed by atoms with Crippen LogP contribution in [0.15, 0.2) is 59.8 Å². The molecule has 0 saturated carbocycles. The Morgan fingerprint density at radius 1 is 1.10 bits per heavy atom. The first-order valence-electron chi connectivity index (χ1n) is 10.4. The summed E-state index contributed by atoms with van der Waals surface area (Å²) in [5.41, 5.74) is 2.60. The number of fused-ring (bicyclic) bond motifs is 1. The second-order valence-electron chi connectivity index (χ2n) is 7.46. The summed E-state index contributed by atoms with van der Waals surface area (Å²) >= 11 is 1.70. The molecule has 0 radical (unpaired) electrons. The van der Waals surface area contributed by atoms with Crippen LogP contribution in [0, 0.1) is 0 Å². The van der Waals surface area contributed by atoms with E-state index in [0.717, 1.165) is 47.8 Å². The lowest BCUT2D eigenvalue weighted by atomic mass is 10.2. The Morgan fingerprint density at radius 2 is 1.97 bits per heavy atom. The van der Waals surface area contributed by atoms with E-state index in [1.165, 1.54) is 0 Å². The van der Waals surface area contributed by atoms with Gasteiger partial charge in [0.15, 0.2) is 0 Å². The summed E-state index contributed by atoms with van der Waals surface area (Å²) in [6.45, 7) is 1.86. The van der Waals surface area contributed by atoms with Crippen LogP contribution in [0.5, 0.6) is 0 Å². The number of amides is 2. The Hall–Kier alpha value is -2.80. The van der Waals surface area contributed by atoms with Gasteiger partial charge < -0.3 is 14.6 Å². The van der Waals surface area contributed by atoms with Crippen molar-refractivity contribution in [1.82, 2.24) is 19.6 Å². The maximum Gasteiger partial charge on any atom is 0.251 e. The van der Waals surface area contributed by atoms with Crippen LogP contribution in [0.25, 0.3) is 5.65 Å². The summed E-state index contributed by atoms with van der Waals surface area (Å²) in [6, 6.07) is 13.6. The standard InChI is InChI=1S/C23H26N4O2S/c28-22-7-2-1-4-13-26(22)15-12-24-23(29)18-8-10-20(11-9-18)30-17-19-16-27-14-5-3-6-21(27)25-19/h3,5-6,8-11,14,16H,1-2,4,7,12-13,15,17H2,(H,24,29). The van der Waals surface area contributed by atoms with E-state index in [-0.39, 0.29) is 11.8 Å². The molecule has 1 aliphatic heterocycles. The van der Waals surface area contributed by atoms with E-state index >= 15 is 0 Å². The van der Waals surface area contributed by atoms with Gasteiger partial charge >= 0.3 is 0 Å². The maximum absolute atomic E-state index is 12.4. The van der Waals surface area contributed by atoms with Crippen molar-refractivity contribution in [2.75, 3.05) is 19.6 Å². The number of aromatic nitrogens is 2. The van der Waals surface area contributed by atoms with Gasteiger partial charge in [-0.15, -0.1) is 11.8 Å². The summed E-state index contributed by atoms with van der Waals surface area (Å²) in [6.07, 6.45) is 7.79. The number of hydrogen-bond acceptors (Lipinski definition) is 4. The highest BCUT2D eigenvalue weighted by Crippen LogP contribution is 2.23. The van der Waals surface area contributed by atoms with Crippen molar-refractivity contribution < 1.29 is 9.59 Å². The smallest absolute Gasteiger partial charge is 0.251 e. The molecule has 6 nitrogen and oxygen atoms in total. The van der Waals surface area contributed by atoms with E-state index in [1.54, 1.807) is 11.8 Å². The van der Waals surface area contributed by atoms with E-state index in [4.69, 9.17) is 0 Å². The molecule has 1 saturated heterocycles. The van der Waals surface area contributed by atoms with E-state index < -0.39 is 0 Å². The number of imidazole rings is 1. The number of likely N-dealkylation sites (tertiary alicyclic amines) is 1. The highest BCUT2D eigenvalue weighted by molar-refractivity contribution is 7.98. The quantitative estimate of drug-likeness (QED) is 0.589. The van der Waals surface area contributed by atoms with Crippen LogP contribution in [0.4, 0.5) is 0 Å². The van der Waals surface area contributed by atoms with Crippen molar-refractivity contribution in [3.63, 3.8) is 0 Å². The number of nitrogens with zero attached hydrogens (tertiary/aromatic N) is 3. The molecule has 1 N–H and O–H groups in total. The maximum atomic E-state index is 12.4. The summed E-state index contributed by atoms with van der Waals surface area (Å²) < 4.78 is 2.02. The number of pyridine rings is 1. The molecule has 4 rings (SSSR count). The van der Waals surface area contributed by atoms with Gasteiger partial charge in [0, 0.05) is 54.7 Å². The molecule has 0 bridgehead atoms. The molecule has 7 heteroatoms. The van der Waals surface area contributed by atoms with Crippen molar-refractivity contribution >= 4 is 29.2 Å². The summed E-state index contributed by atoms with van der Waals surface area (Å²) in [5, 5.41) is 2.93. The second-order valence-corrected chi connectivity index (χ2v) is 8.51. The topological polar surface area (TPSA) is 66.7 Å². The monoisotopic (exact) mass is 422 g/mol. The fourth-order valence-electron chi connectivity index (χ4n) is 3.60. The van der Waals surface area contributed by atoms with Crippen LogP contribution in [0.3, 0.4) is 0 Å². The average molecular weight is 423 g/mol. The largest absolute Gasteiger partial charge is 0.350 e. The van der Waals surface area contributed by atoms with Crippen LogP contribution in [-0.2, 0) is 10.5 Å². The predicted molar refractivity (Wildman–Crippen MR) is 119 cm³/mol. The van der Waals surface area contributed by atoms with Gasteiger partial charge in [0.05, 0.1) is 5.69 Å². The molecular weight excluding hydrogens is 396 g/mol. The molecular formula is C23H26N4O2S. The Bertz CT molecular complexity index is 982. The first-order valence-corrected chi connectivity index (χ1v) is 11.4. The fraction of sp³-hybridized carbons (Fsp3) is 0.348. The van der Waals surface area contributed by atoms with Gasteiger partial charge in [-0.3, -0.25) is 9.59 Å². The van der Waals surface area contributed by atoms with Gasteiger partial charge in [-0.25, -0.2) is 4.98 Å². The molecule has 0 aliphatic carbocycles. The zero-order valence-electron chi connectivity index (χ0n) is 16.9. The molecule has 1 aromatic carbocycles. The van der Waals surface area contributed by atoms with E-state index in [1.807, 2.05) is 64.2 Å². The SMILES string of the molecule is O=C(NCCN1CCCCCC1=O)c1ccc(SCc2cn3ccccc3n2)cc1. The molecule has 156 valence electrons. The average Bonchev–Trinajstić information content (AvgIpc) is 3.08. The summed E-state index contributed by atoms with van der Waals surface area (Å²) in [5.74, 6) is 0.875. The molecule has 1 fully saturated rings. The highest BCUT2D eigenvalue weighted by atomic mass is 32.2. The van der Waals surface area contributed by atoms with Crippen molar-refractivity contribution in [2.45, 2.75) is 36.3 Å². The molecule has 1 aliphatic rings. The number of nitrogens with one attached hydrogen (secondary N) is 1. The number of hydrogen-bond donors (Lipinski definition) is 1. The number of carbonyl (C=O) groups excluding carboxylic acids is 2. The van der Waals surface area contributed by atoms with Crippen molar-refractivity contribution in [3.8, 4) is 0 Å². The first-order chi connectivity index (χ1) is 14.7. The number of thioether (sulfide) groups is 1. The highest BCUT2D eigenvalue weighted by Gasteiger charge is 2.16. The van der Waals surface area contributed by atoms with Gasteiger partial charge in [-0.1, -0.05) is 12.5 Å². The van der Waals surface area contributed by atoms with Crippen molar-refractivity contribution in [2.24, 2.45) is 0 Å². The Balaban J connectivity index is 1.25. The third kappa shape index (κ3) is 5.21. The van der Waals surface area contributed by atoms with Crippen molar-refractivity contribution in [3.05, 3.63) is 66.1 Å². The molecule has 3 heterocycles.